The summed E-state index contributed by atoms with van der Waals surface area (Å²) in [6.07, 6.45) is 27.4. The molecule has 0 amide bonds. The molecule has 1 unspecified atom stereocenters. The summed E-state index contributed by atoms with van der Waals surface area (Å²) in [5, 5.41) is 1.67. The van der Waals surface area contributed by atoms with Gasteiger partial charge in [0, 0.05) is 31.6 Å². The average Bonchev–Trinajstić information content (AvgIpc) is 2.93. The predicted molar refractivity (Wildman–Crippen MR) is 165 cm³/mol. The number of likely N-dealkylation sites (N-methyl/N-ethyl adjacent to an activating group) is 3. The number of hydrogen-bond acceptors (Lipinski definition) is 4. The molecule has 0 aromatic heterocycles. The van der Waals surface area contributed by atoms with Crippen molar-refractivity contribution in [3.05, 3.63) is 11.0 Å². The third kappa shape index (κ3) is 9.07. The van der Waals surface area contributed by atoms with Gasteiger partial charge in [-0.25, -0.2) is 5.50 Å². The molecular formula is C30H58BF4N4P. The molecule has 0 aromatic carbocycles. The summed E-state index contributed by atoms with van der Waals surface area (Å²) in [6, 6.07) is 2.10. The van der Waals surface area contributed by atoms with E-state index in [1.54, 1.807) is 11.0 Å². The molecule has 0 spiro atoms. The largest absolute Gasteiger partial charge is 0.673 e. The molecule has 0 aromatic rings. The first-order valence-electron chi connectivity index (χ1n) is 16.4. The quantitative estimate of drug-likeness (QED) is 0.139. The fourth-order valence-electron chi connectivity index (χ4n) is 8.34. The van der Waals surface area contributed by atoms with E-state index >= 15 is 0 Å². The lowest BCUT2D eigenvalue weighted by Gasteiger charge is -2.58. The highest BCUT2D eigenvalue weighted by atomic mass is 31.1. The zero-order chi connectivity index (χ0) is 29.3. The molecular weight excluding hydrogens is 534 g/mol. The van der Waals surface area contributed by atoms with Crippen molar-refractivity contribution in [1.82, 2.24) is 14.7 Å². The van der Waals surface area contributed by atoms with Crippen LogP contribution in [0.3, 0.4) is 0 Å². The van der Waals surface area contributed by atoms with Crippen LogP contribution in [0, 0.1) is 0 Å². The first-order chi connectivity index (χ1) is 19.0. The standard InChI is InChI=1S/C30H57N4P.BF4/c1-32(25-17-9-5-10-18-25)29-28(35(4)31)23-15-8-16-24-30(29,33(2)26-19-11-6-12-20-26)34(3)27-21-13-7-14-22-27;2-1(3,4)5/h25-27H,5-24,31H2,1-4H3;/q;-1/p+1/b29-28-;. The second-order valence-electron chi connectivity index (χ2n) is 13.1. The van der Waals surface area contributed by atoms with Crippen LogP contribution in [0.25, 0.3) is 0 Å². The van der Waals surface area contributed by atoms with Crippen molar-refractivity contribution in [3.63, 3.8) is 0 Å². The summed E-state index contributed by atoms with van der Waals surface area (Å²) in [6.45, 7) is 2.38. The molecule has 1 atom stereocenters. The first kappa shape index (κ1) is 34.1. The number of nitrogens with zero attached hydrogens (tertiary/aromatic N) is 3. The second-order valence-corrected chi connectivity index (χ2v) is 15.1. The smallest absolute Gasteiger partial charge is 0.418 e. The van der Waals surface area contributed by atoms with E-state index in [9.17, 15) is 17.3 Å². The Labute approximate surface area is 243 Å². The zero-order valence-corrected chi connectivity index (χ0v) is 26.9. The van der Waals surface area contributed by atoms with Gasteiger partial charge in [0.1, 0.15) is 11.0 Å². The monoisotopic (exact) mass is 592 g/mol. The van der Waals surface area contributed by atoms with Crippen LogP contribution in [0.1, 0.15) is 128 Å². The lowest BCUT2D eigenvalue weighted by atomic mass is 9.82. The Morgan fingerprint density at radius 2 is 1.02 bits per heavy atom. The van der Waals surface area contributed by atoms with Crippen molar-refractivity contribution in [2.75, 3.05) is 27.8 Å². The van der Waals surface area contributed by atoms with Gasteiger partial charge in [-0.3, -0.25) is 9.80 Å². The van der Waals surface area contributed by atoms with Gasteiger partial charge in [-0.15, -0.1) is 0 Å². The highest BCUT2D eigenvalue weighted by Gasteiger charge is 2.52. The van der Waals surface area contributed by atoms with Gasteiger partial charge in [0.05, 0.1) is 20.4 Å². The normalized spacial score (nSPS) is 27.1. The Bertz CT molecular complexity index is 748. The maximum absolute atomic E-state index is 9.75. The molecule has 3 saturated carbocycles. The van der Waals surface area contributed by atoms with Crippen LogP contribution in [0.4, 0.5) is 17.3 Å². The van der Waals surface area contributed by atoms with Gasteiger partial charge >= 0.3 is 7.25 Å². The molecule has 2 N–H and O–H groups in total. The van der Waals surface area contributed by atoms with Gasteiger partial charge < -0.3 is 22.2 Å². The summed E-state index contributed by atoms with van der Waals surface area (Å²) in [5.41, 5.74) is 8.69. The second kappa shape index (κ2) is 15.9. The van der Waals surface area contributed by atoms with Gasteiger partial charge in [0.2, 0.25) is 0 Å². The van der Waals surface area contributed by atoms with Crippen LogP contribution in [0.2, 0.25) is 0 Å². The van der Waals surface area contributed by atoms with E-state index in [0.29, 0.717) is 18.1 Å². The van der Waals surface area contributed by atoms with E-state index in [-0.39, 0.29) is 5.66 Å². The Morgan fingerprint density at radius 1 is 0.650 bits per heavy atom. The Morgan fingerprint density at radius 3 is 1.43 bits per heavy atom. The molecule has 4 rings (SSSR count). The van der Waals surface area contributed by atoms with Crippen molar-refractivity contribution in [1.29, 1.82) is 0 Å². The van der Waals surface area contributed by atoms with Crippen LogP contribution >= 0.6 is 8.07 Å². The van der Waals surface area contributed by atoms with Crippen molar-refractivity contribution in [3.8, 4) is 0 Å². The number of nitrogens with two attached hydrogens (primary N) is 1. The zero-order valence-electron chi connectivity index (χ0n) is 25.9. The lowest BCUT2D eigenvalue weighted by molar-refractivity contribution is -0.0869. The lowest BCUT2D eigenvalue weighted by Crippen LogP contribution is -2.67. The Kier molecular flexibility index (Phi) is 13.6. The first-order valence-corrected chi connectivity index (χ1v) is 18.4. The third-order valence-corrected chi connectivity index (χ3v) is 11.9. The van der Waals surface area contributed by atoms with E-state index in [2.05, 4.69) is 42.5 Å². The summed E-state index contributed by atoms with van der Waals surface area (Å²) >= 11 is 0. The molecule has 3 fully saturated rings. The van der Waals surface area contributed by atoms with Crippen LogP contribution in [-0.2, 0) is 0 Å². The van der Waals surface area contributed by atoms with Crippen molar-refractivity contribution >= 4 is 15.3 Å². The minimum Gasteiger partial charge on any atom is -0.418 e. The fraction of sp³-hybridized carbons (Fsp3) is 0.933. The van der Waals surface area contributed by atoms with Gasteiger partial charge in [-0.2, -0.15) is 0 Å². The highest BCUT2D eigenvalue weighted by molar-refractivity contribution is 7.58. The average molecular weight is 593 g/mol. The molecule has 0 aliphatic heterocycles. The van der Waals surface area contributed by atoms with Gasteiger partial charge in [0.25, 0.3) is 0 Å². The molecule has 4 aliphatic carbocycles. The van der Waals surface area contributed by atoms with Crippen molar-refractivity contribution < 1.29 is 17.3 Å². The number of allylic oxidation sites excluding steroid dienone is 1. The Balaban J connectivity index is 0.000000810. The number of halogens is 4. The van der Waals surface area contributed by atoms with Crippen molar-refractivity contribution in [2.24, 2.45) is 5.50 Å². The maximum Gasteiger partial charge on any atom is 0.673 e. The van der Waals surface area contributed by atoms with E-state index in [0.717, 1.165) is 0 Å². The van der Waals surface area contributed by atoms with Gasteiger partial charge in [0.15, 0.2) is 0 Å². The number of hydrogen-bond donors (Lipinski definition) is 1. The molecule has 0 radical (unpaired) electrons. The highest BCUT2D eigenvalue weighted by Crippen LogP contribution is 2.51. The van der Waals surface area contributed by atoms with Crippen LogP contribution in [-0.4, -0.2) is 73.6 Å². The molecule has 0 bridgehead atoms. The third-order valence-electron chi connectivity index (χ3n) is 10.5. The Hall–Kier alpha value is -0.365. The van der Waals surface area contributed by atoms with Crippen molar-refractivity contribution in [2.45, 2.75) is 152 Å². The van der Waals surface area contributed by atoms with Crippen LogP contribution in [0.15, 0.2) is 11.0 Å². The molecule has 234 valence electrons. The van der Waals surface area contributed by atoms with E-state index in [1.807, 2.05) is 0 Å². The summed E-state index contributed by atoms with van der Waals surface area (Å²) < 4.78 is 39.0. The molecule has 10 heteroatoms. The molecule has 4 aliphatic rings. The molecule has 0 heterocycles. The van der Waals surface area contributed by atoms with Crippen LogP contribution in [0.5, 0.6) is 0 Å². The maximum atomic E-state index is 9.75. The summed E-state index contributed by atoms with van der Waals surface area (Å²) in [7, 11) is 0.525. The SMILES string of the molecule is CN(/C1=C(\[PH+](C)N)CCCCCC1(N(C)C1CCCCC1)N(C)C1CCCCC1)C1CCCCC1.F[B-](F)(F)F. The minimum atomic E-state index is -6.00. The molecule has 0 saturated heterocycles. The van der Waals surface area contributed by atoms with Crippen LogP contribution < -0.4 is 5.50 Å². The molecule has 4 nitrogen and oxygen atoms in total. The van der Waals surface area contributed by atoms with E-state index in [1.165, 1.54) is 128 Å². The van der Waals surface area contributed by atoms with Gasteiger partial charge in [-0.05, 0) is 71.9 Å². The fourth-order valence-corrected chi connectivity index (χ4v) is 9.66. The molecule has 40 heavy (non-hydrogen) atoms. The van der Waals surface area contributed by atoms with E-state index < -0.39 is 15.3 Å². The predicted octanol–water partition coefficient (Wildman–Crippen LogP) is 8.67. The summed E-state index contributed by atoms with van der Waals surface area (Å²) in [4.78, 5) is 8.70. The van der Waals surface area contributed by atoms with E-state index in [4.69, 9.17) is 5.50 Å². The van der Waals surface area contributed by atoms with Gasteiger partial charge in [-0.1, -0.05) is 64.2 Å². The summed E-state index contributed by atoms with van der Waals surface area (Å²) in [5.74, 6) is 0. The topological polar surface area (TPSA) is 35.7 Å². The minimum absolute atomic E-state index is 0.00272. The number of rotatable bonds is 7.